The molecular weight excluding hydrogens is 540 g/mol. The third-order valence-electron chi connectivity index (χ3n) is 5.49. The van der Waals surface area contributed by atoms with Crippen LogP contribution in [0.2, 0.25) is 5.02 Å². The number of nitrogens with one attached hydrogen (secondary N) is 1. The van der Waals surface area contributed by atoms with E-state index >= 15 is 0 Å². The lowest BCUT2D eigenvalue weighted by molar-refractivity contribution is -0.116. The van der Waals surface area contributed by atoms with Crippen molar-refractivity contribution in [1.82, 2.24) is 19.7 Å². The molecule has 0 spiro atoms. The van der Waals surface area contributed by atoms with Gasteiger partial charge in [-0.25, -0.2) is 4.79 Å². The van der Waals surface area contributed by atoms with Gasteiger partial charge in [-0.3, -0.25) is 19.1 Å². The van der Waals surface area contributed by atoms with Gasteiger partial charge in [0, 0.05) is 30.3 Å². The molecule has 0 saturated heterocycles. The fraction of sp³-hybridized carbons (Fsp3) is 0.348. The van der Waals surface area contributed by atoms with E-state index in [0.717, 1.165) is 28.3 Å². The van der Waals surface area contributed by atoms with E-state index in [-0.39, 0.29) is 41.5 Å². The van der Waals surface area contributed by atoms with Gasteiger partial charge < -0.3 is 19.8 Å². The number of thioether (sulfide) groups is 1. The lowest BCUT2D eigenvalue weighted by Gasteiger charge is -2.24. The molecule has 37 heavy (non-hydrogen) atoms. The van der Waals surface area contributed by atoms with Crippen molar-refractivity contribution in [2.75, 3.05) is 36.6 Å². The largest absolute Gasteiger partial charge is 0.410 e. The number of anilines is 2. The van der Waals surface area contributed by atoms with Gasteiger partial charge in [-0.05, 0) is 12.5 Å². The minimum absolute atomic E-state index is 0.0572. The van der Waals surface area contributed by atoms with Crippen molar-refractivity contribution in [2.24, 2.45) is 0 Å². The molecule has 14 heteroatoms. The van der Waals surface area contributed by atoms with Crippen molar-refractivity contribution in [3.05, 3.63) is 50.1 Å². The smallest absolute Gasteiger partial charge is 0.330 e. The minimum Gasteiger partial charge on any atom is -0.410 e. The molecular formula is C23H25ClN6O5S2. The summed E-state index contributed by atoms with van der Waals surface area (Å²) >= 11 is 8.95. The highest BCUT2D eigenvalue weighted by Crippen LogP contribution is 2.41. The van der Waals surface area contributed by atoms with E-state index in [4.69, 9.17) is 26.5 Å². The normalized spacial score (nSPS) is 11.3. The van der Waals surface area contributed by atoms with Crippen LogP contribution in [0.4, 0.5) is 11.5 Å². The van der Waals surface area contributed by atoms with Crippen molar-refractivity contribution in [3.63, 3.8) is 0 Å². The van der Waals surface area contributed by atoms with Crippen molar-refractivity contribution in [1.29, 1.82) is 0 Å². The summed E-state index contributed by atoms with van der Waals surface area (Å²) in [6.07, 6.45) is 1.50. The van der Waals surface area contributed by atoms with Crippen LogP contribution in [0.25, 0.3) is 20.9 Å². The number of amides is 1. The highest BCUT2D eigenvalue weighted by molar-refractivity contribution is 7.99. The van der Waals surface area contributed by atoms with Gasteiger partial charge in [0.05, 0.1) is 17.4 Å². The van der Waals surface area contributed by atoms with Gasteiger partial charge in [-0.15, -0.1) is 21.5 Å². The molecule has 3 heterocycles. The predicted molar refractivity (Wildman–Crippen MR) is 146 cm³/mol. The number of fused-ring (bicyclic) bond motifs is 1. The van der Waals surface area contributed by atoms with Crippen LogP contribution >= 0.6 is 34.7 Å². The van der Waals surface area contributed by atoms with Crippen molar-refractivity contribution >= 4 is 62.2 Å². The number of carbonyl (C=O) groups excluding carboxylic acids is 1. The van der Waals surface area contributed by atoms with Crippen LogP contribution in [-0.2, 0) is 16.1 Å². The number of aromatic nitrogens is 4. The Labute approximate surface area is 224 Å². The number of H-pyrrole nitrogens is 1. The van der Waals surface area contributed by atoms with Crippen molar-refractivity contribution in [2.45, 2.75) is 31.5 Å². The molecule has 0 unspecified atom stereocenters. The number of rotatable bonds is 11. The average molecular weight is 565 g/mol. The Balaban J connectivity index is 1.55. The van der Waals surface area contributed by atoms with E-state index in [2.05, 4.69) is 15.2 Å². The first-order valence-corrected chi connectivity index (χ1v) is 13.6. The molecule has 1 amide bonds. The second-order valence-electron chi connectivity index (χ2n) is 7.94. The summed E-state index contributed by atoms with van der Waals surface area (Å²) in [6, 6.07) is 7.68. The van der Waals surface area contributed by atoms with Gasteiger partial charge in [0.2, 0.25) is 5.91 Å². The second kappa shape index (κ2) is 11.9. The van der Waals surface area contributed by atoms with Gasteiger partial charge in [0.15, 0.2) is 5.69 Å². The molecule has 3 N–H and O–H groups in total. The third-order valence-corrected chi connectivity index (χ3v) is 7.96. The summed E-state index contributed by atoms with van der Waals surface area (Å²) in [6.45, 7) is 2.49. The first kappa shape index (κ1) is 26.9. The zero-order valence-corrected chi connectivity index (χ0v) is 22.5. The van der Waals surface area contributed by atoms with E-state index in [0.29, 0.717) is 22.9 Å². The molecule has 0 atom stereocenters. The number of hydrogen-bond acceptors (Lipinski definition) is 10. The summed E-state index contributed by atoms with van der Waals surface area (Å²) in [5, 5.41) is 9.69. The van der Waals surface area contributed by atoms with Gasteiger partial charge in [-0.1, -0.05) is 54.9 Å². The van der Waals surface area contributed by atoms with Gasteiger partial charge in [0.25, 0.3) is 16.7 Å². The number of aromatic amines is 1. The van der Waals surface area contributed by atoms with E-state index in [1.807, 2.05) is 31.2 Å². The van der Waals surface area contributed by atoms with E-state index in [1.54, 1.807) is 0 Å². The summed E-state index contributed by atoms with van der Waals surface area (Å²) in [7, 11) is 1.48. The Morgan fingerprint density at radius 2 is 2.11 bits per heavy atom. The Kier molecular flexibility index (Phi) is 8.69. The Hall–Kier alpha value is -3.13. The number of ether oxygens (including phenoxy) is 1. The molecule has 1 aromatic carbocycles. The zero-order chi connectivity index (χ0) is 26.5. The van der Waals surface area contributed by atoms with Crippen LogP contribution in [0.15, 0.2) is 43.5 Å². The molecule has 0 aliphatic rings. The van der Waals surface area contributed by atoms with Gasteiger partial charge in [0.1, 0.15) is 10.7 Å². The number of benzene rings is 1. The summed E-state index contributed by atoms with van der Waals surface area (Å²) < 4.78 is 13.1. The second-order valence-corrected chi connectivity index (χ2v) is 10.3. The summed E-state index contributed by atoms with van der Waals surface area (Å²) in [5.41, 5.74) is 4.75. The summed E-state index contributed by atoms with van der Waals surface area (Å²) in [5.74, 6) is -0.393. The molecule has 0 bridgehead atoms. The standard InChI is InChI=1S/C23H25ClN6O5S2/c1-3-4-9-30-19(25)17(20(32)26-22(30)33)29(10-11-34-2)15(31)12-36-23-28-27-21(35-23)18-16(24)13-7-5-6-8-14(13)37-18/h5-8H,3-4,9-12,25H2,1-2H3,(H,26,32,33). The molecule has 4 rings (SSSR count). The highest BCUT2D eigenvalue weighted by Gasteiger charge is 2.25. The van der Waals surface area contributed by atoms with Crippen LogP contribution < -0.4 is 21.9 Å². The predicted octanol–water partition coefficient (Wildman–Crippen LogP) is 3.61. The lowest BCUT2D eigenvalue weighted by atomic mass is 10.2. The molecule has 0 radical (unpaired) electrons. The topological polar surface area (TPSA) is 149 Å². The number of thiophene rings is 1. The number of nitrogens with two attached hydrogens (primary N) is 1. The first-order valence-electron chi connectivity index (χ1n) is 11.4. The fourth-order valence-electron chi connectivity index (χ4n) is 3.63. The highest BCUT2D eigenvalue weighted by atomic mass is 35.5. The fourth-order valence-corrected chi connectivity index (χ4v) is 5.71. The number of nitrogen functional groups attached to an aromatic ring is 1. The number of carbonyl (C=O) groups is 1. The monoisotopic (exact) mass is 564 g/mol. The Morgan fingerprint density at radius 1 is 1.32 bits per heavy atom. The van der Waals surface area contributed by atoms with E-state index in [1.165, 1.54) is 27.9 Å². The van der Waals surface area contributed by atoms with Crippen LogP contribution in [0.5, 0.6) is 0 Å². The van der Waals surface area contributed by atoms with Crippen molar-refractivity contribution in [3.8, 4) is 10.8 Å². The van der Waals surface area contributed by atoms with Gasteiger partial charge >= 0.3 is 5.69 Å². The number of halogens is 1. The maximum atomic E-state index is 13.2. The quantitative estimate of drug-likeness (QED) is 0.260. The zero-order valence-electron chi connectivity index (χ0n) is 20.2. The SMILES string of the molecule is CCCCn1c(N)c(N(CCOC)C(=O)CSc2nnc(-c3sc4ccccc4c3Cl)o2)c(=O)[nH]c1=O. The number of hydrogen-bond donors (Lipinski definition) is 2. The first-order chi connectivity index (χ1) is 17.8. The van der Waals surface area contributed by atoms with E-state index in [9.17, 15) is 14.4 Å². The molecule has 0 aliphatic carbocycles. The van der Waals surface area contributed by atoms with Crippen molar-refractivity contribution < 1.29 is 13.9 Å². The lowest BCUT2D eigenvalue weighted by Crippen LogP contribution is -2.43. The molecule has 0 fully saturated rings. The molecule has 4 aromatic rings. The Bertz CT molecular complexity index is 1530. The molecule has 196 valence electrons. The third kappa shape index (κ3) is 5.74. The number of methoxy groups -OCH3 is 1. The molecule has 11 nitrogen and oxygen atoms in total. The molecule has 3 aromatic heterocycles. The maximum Gasteiger partial charge on any atom is 0.330 e. The maximum absolute atomic E-state index is 13.2. The van der Waals surface area contributed by atoms with Gasteiger partial charge in [-0.2, -0.15) is 0 Å². The molecule has 0 saturated carbocycles. The minimum atomic E-state index is -0.746. The van der Waals surface area contributed by atoms with Crippen LogP contribution in [0, 0.1) is 0 Å². The van der Waals surface area contributed by atoms with Crippen LogP contribution in [0.3, 0.4) is 0 Å². The Morgan fingerprint density at radius 3 is 2.84 bits per heavy atom. The molecule has 0 aliphatic heterocycles. The average Bonchev–Trinajstić information content (AvgIpc) is 3.48. The van der Waals surface area contributed by atoms with E-state index < -0.39 is 17.2 Å². The summed E-state index contributed by atoms with van der Waals surface area (Å²) in [4.78, 5) is 42.3. The van der Waals surface area contributed by atoms with Crippen LogP contribution in [0.1, 0.15) is 19.8 Å². The number of unbranched alkanes of at least 4 members (excludes halogenated alkanes) is 1. The van der Waals surface area contributed by atoms with Crippen LogP contribution in [-0.4, -0.2) is 51.7 Å². The number of nitrogens with zero attached hydrogens (tertiary/aromatic N) is 4.